The first-order chi connectivity index (χ1) is 12.9. The maximum atomic E-state index is 5.38. The van der Waals surface area contributed by atoms with Crippen LogP contribution in [0.3, 0.4) is 0 Å². The van der Waals surface area contributed by atoms with Gasteiger partial charge in [0.25, 0.3) is 0 Å². The molecule has 0 unspecified atom stereocenters. The van der Waals surface area contributed by atoms with E-state index >= 15 is 0 Å². The van der Waals surface area contributed by atoms with Crippen molar-refractivity contribution in [3.8, 4) is 11.4 Å². The summed E-state index contributed by atoms with van der Waals surface area (Å²) in [7, 11) is 0. The average Bonchev–Trinajstić information content (AvgIpc) is 3.61. The van der Waals surface area contributed by atoms with Crippen LogP contribution in [0.5, 0.6) is 0 Å². The highest BCUT2D eigenvalue weighted by Crippen LogP contribution is 2.46. The number of aromatic nitrogens is 5. The van der Waals surface area contributed by atoms with Crippen LogP contribution in [-0.2, 0) is 6.42 Å². The van der Waals surface area contributed by atoms with E-state index in [0.717, 1.165) is 29.3 Å². The molecule has 0 atom stereocenters. The Kier molecular flexibility index (Phi) is 4.24. The standard InChI is InChI=1S/C19H21N5OS/c1-2-5-13(6-3-1)17-20-16(25-23-17)7-4-12-26-19-22-21-18(14-8-9-14)24(19)15-10-11-15/h1-3,5-6,14-15H,4,7-12H2. The number of hydrogen-bond donors (Lipinski definition) is 0. The van der Waals surface area contributed by atoms with E-state index in [9.17, 15) is 0 Å². The smallest absolute Gasteiger partial charge is 0.226 e. The van der Waals surface area contributed by atoms with Crippen molar-refractivity contribution in [1.82, 2.24) is 24.9 Å². The molecule has 26 heavy (non-hydrogen) atoms. The molecule has 0 N–H and O–H groups in total. The highest BCUT2D eigenvalue weighted by atomic mass is 32.2. The van der Waals surface area contributed by atoms with Gasteiger partial charge in [-0.15, -0.1) is 10.2 Å². The molecular formula is C19H21N5OS. The second kappa shape index (κ2) is 6.87. The molecule has 0 radical (unpaired) electrons. The molecule has 5 rings (SSSR count). The third kappa shape index (κ3) is 3.40. The quantitative estimate of drug-likeness (QED) is 0.437. The minimum absolute atomic E-state index is 0.646. The zero-order valence-corrected chi connectivity index (χ0v) is 15.4. The van der Waals surface area contributed by atoms with Gasteiger partial charge in [0, 0.05) is 29.7 Å². The van der Waals surface area contributed by atoms with Crippen LogP contribution in [0.25, 0.3) is 11.4 Å². The summed E-state index contributed by atoms with van der Waals surface area (Å²) in [4.78, 5) is 4.50. The van der Waals surface area contributed by atoms with E-state index in [1.165, 1.54) is 31.5 Å². The minimum Gasteiger partial charge on any atom is -0.339 e. The van der Waals surface area contributed by atoms with Crippen molar-refractivity contribution in [1.29, 1.82) is 0 Å². The molecule has 0 bridgehead atoms. The van der Waals surface area contributed by atoms with Crippen molar-refractivity contribution in [2.24, 2.45) is 0 Å². The lowest BCUT2D eigenvalue weighted by Gasteiger charge is -2.07. The van der Waals surface area contributed by atoms with E-state index in [0.29, 0.717) is 23.7 Å². The van der Waals surface area contributed by atoms with Gasteiger partial charge in [-0.3, -0.25) is 0 Å². The Morgan fingerprint density at radius 2 is 1.92 bits per heavy atom. The van der Waals surface area contributed by atoms with Gasteiger partial charge in [0.15, 0.2) is 5.16 Å². The molecule has 0 aliphatic heterocycles. The van der Waals surface area contributed by atoms with E-state index in [4.69, 9.17) is 4.52 Å². The second-order valence-electron chi connectivity index (χ2n) is 7.05. The lowest BCUT2D eigenvalue weighted by Crippen LogP contribution is -2.02. The zero-order valence-electron chi connectivity index (χ0n) is 14.5. The SMILES string of the molecule is c1ccc(-c2noc(CCCSc3nnc(C4CC4)n3C3CC3)n2)cc1. The van der Waals surface area contributed by atoms with Crippen molar-refractivity contribution in [2.75, 3.05) is 5.75 Å². The molecule has 2 aromatic heterocycles. The van der Waals surface area contributed by atoms with E-state index in [1.54, 1.807) is 11.8 Å². The van der Waals surface area contributed by atoms with Gasteiger partial charge in [-0.2, -0.15) is 4.98 Å². The first-order valence-electron chi connectivity index (χ1n) is 9.34. The van der Waals surface area contributed by atoms with Gasteiger partial charge in [-0.25, -0.2) is 0 Å². The Hall–Kier alpha value is -2.15. The molecule has 2 aliphatic rings. The fourth-order valence-corrected chi connectivity index (χ4v) is 4.08. The Labute approximate surface area is 156 Å². The summed E-state index contributed by atoms with van der Waals surface area (Å²) in [5.74, 6) is 4.23. The summed E-state index contributed by atoms with van der Waals surface area (Å²) in [6, 6.07) is 10.6. The van der Waals surface area contributed by atoms with Gasteiger partial charge >= 0.3 is 0 Å². The number of aryl methyl sites for hydroxylation is 1. The van der Waals surface area contributed by atoms with Crippen LogP contribution < -0.4 is 0 Å². The van der Waals surface area contributed by atoms with Crippen LogP contribution in [0, 0.1) is 0 Å². The number of thioether (sulfide) groups is 1. The first-order valence-corrected chi connectivity index (χ1v) is 10.3. The van der Waals surface area contributed by atoms with Crippen LogP contribution in [0.2, 0.25) is 0 Å². The molecule has 134 valence electrons. The van der Waals surface area contributed by atoms with Gasteiger partial charge in [-0.1, -0.05) is 47.3 Å². The Morgan fingerprint density at radius 3 is 2.69 bits per heavy atom. The van der Waals surface area contributed by atoms with Crippen LogP contribution in [0.4, 0.5) is 0 Å². The lowest BCUT2D eigenvalue weighted by atomic mass is 10.2. The number of benzene rings is 1. The molecule has 3 aromatic rings. The molecule has 2 heterocycles. The molecule has 6 nitrogen and oxygen atoms in total. The van der Waals surface area contributed by atoms with E-state index < -0.39 is 0 Å². The molecule has 2 fully saturated rings. The van der Waals surface area contributed by atoms with Crippen LogP contribution in [-0.4, -0.2) is 30.7 Å². The van der Waals surface area contributed by atoms with Crippen LogP contribution in [0.1, 0.15) is 55.8 Å². The molecule has 7 heteroatoms. The van der Waals surface area contributed by atoms with Crippen molar-refractivity contribution < 1.29 is 4.52 Å². The number of hydrogen-bond acceptors (Lipinski definition) is 6. The summed E-state index contributed by atoms with van der Waals surface area (Å²) >= 11 is 1.80. The largest absolute Gasteiger partial charge is 0.339 e. The summed E-state index contributed by atoms with van der Waals surface area (Å²) in [6.07, 6.45) is 6.87. The Morgan fingerprint density at radius 1 is 1.08 bits per heavy atom. The molecule has 0 saturated heterocycles. The molecular weight excluding hydrogens is 346 g/mol. The van der Waals surface area contributed by atoms with Crippen LogP contribution in [0.15, 0.2) is 40.0 Å². The summed E-state index contributed by atoms with van der Waals surface area (Å²) < 4.78 is 7.79. The van der Waals surface area contributed by atoms with E-state index in [1.807, 2.05) is 30.3 Å². The van der Waals surface area contributed by atoms with Gasteiger partial charge in [-0.05, 0) is 32.1 Å². The normalized spacial score (nSPS) is 16.9. The predicted octanol–water partition coefficient (Wildman–Crippen LogP) is 4.27. The highest BCUT2D eigenvalue weighted by Gasteiger charge is 2.36. The maximum Gasteiger partial charge on any atom is 0.226 e. The number of nitrogens with zero attached hydrogens (tertiary/aromatic N) is 5. The lowest BCUT2D eigenvalue weighted by molar-refractivity contribution is 0.378. The van der Waals surface area contributed by atoms with Gasteiger partial charge in [0.05, 0.1) is 0 Å². The first kappa shape index (κ1) is 16.1. The van der Waals surface area contributed by atoms with Gasteiger partial charge in [0.1, 0.15) is 5.82 Å². The zero-order chi connectivity index (χ0) is 17.3. The van der Waals surface area contributed by atoms with Gasteiger partial charge < -0.3 is 9.09 Å². The molecule has 0 spiro atoms. The number of rotatable bonds is 8. The fraction of sp³-hybridized carbons (Fsp3) is 0.474. The predicted molar refractivity (Wildman–Crippen MR) is 99.0 cm³/mol. The maximum absolute atomic E-state index is 5.38. The summed E-state index contributed by atoms with van der Waals surface area (Å²) in [6.45, 7) is 0. The monoisotopic (exact) mass is 367 g/mol. The minimum atomic E-state index is 0.646. The van der Waals surface area contributed by atoms with Crippen molar-refractivity contribution in [2.45, 2.75) is 55.6 Å². The van der Waals surface area contributed by atoms with Crippen molar-refractivity contribution >= 4 is 11.8 Å². The summed E-state index contributed by atoms with van der Waals surface area (Å²) in [5.41, 5.74) is 0.988. The van der Waals surface area contributed by atoms with Crippen LogP contribution >= 0.6 is 11.8 Å². The summed E-state index contributed by atoms with van der Waals surface area (Å²) in [5, 5.41) is 14.1. The molecule has 2 saturated carbocycles. The van der Waals surface area contributed by atoms with Crippen molar-refractivity contribution in [3.63, 3.8) is 0 Å². The second-order valence-corrected chi connectivity index (χ2v) is 8.11. The van der Waals surface area contributed by atoms with Crippen molar-refractivity contribution in [3.05, 3.63) is 42.0 Å². The third-order valence-electron chi connectivity index (χ3n) is 4.81. The van der Waals surface area contributed by atoms with Gasteiger partial charge in [0.2, 0.25) is 11.7 Å². The Balaban J connectivity index is 1.17. The van der Waals surface area contributed by atoms with E-state index in [-0.39, 0.29) is 0 Å². The third-order valence-corrected chi connectivity index (χ3v) is 5.84. The fourth-order valence-electron chi connectivity index (χ4n) is 3.13. The molecule has 0 amide bonds. The van der Waals surface area contributed by atoms with E-state index in [2.05, 4.69) is 24.9 Å². The topological polar surface area (TPSA) is 69.6 Å². The highest BCUT2D eigenvalue weighted by molar-refractivity contribution is 7.99. The molecule has 2 aliphatic carbocycles. The Bertz CT molecular complexity index is 882. The average molecular weight is 367 g/mol. The molecule has 1 aromatic carbocycles.